The van der Waals surface area contributed by atoms with Crippen LogP contribution in [0, 0.1) is 0 Å². The van der Waals surface area contributed by atoms with E-state index in [1.807, 2.05) is 30.3 Å². The molecule has 2 N–H and O–H groups in total. The summed E-state index contributed by atoms with van der Waals surface area (Å²) in [5, 5.41) is 1.70. The summed E-state index contributed by atoms with van der Waals surface area (Å²) >= 11 is 18.2. The minimum atomic E-state index is 0.419. The zero-order valence-electron chi connectivity index (χ0n) is 8.88. The molecule has 0 radical (unpaired) electrons. The molecule has 0 aliphatic rings. The Hall–Kier alpha value is -0.730. The minimum Gasteiger partial charge on any atom is -0.326 e. The molecule has 0 spiro atoms. The van der Waals surface area contributed by atoms with Gasteiger partial charge in [-0.15, -0.1) is 0 Å². The number of rotatable bonds is 2. The van der Waals surface area contributed by atoms with Gasteiger partial charge in [0.15, 0.2) is 0 Å². The molecule has 88 valence electrons. The average Bonchev–Trinajstić information content (AvgIpc) is 2.32. The quantitative estimate of drug-likeness (QED) is 0.845. The molecule has 1 nitrogen and oxygen atoms in total. The summed E-state index contributed by atoms with van der Waals surface area (Å²) < 4.78 is 0. The average molecular weight is 287 g/mol. The summed E-state index contributed by atoms with van der Waals surface area (Å²) in [6.07, 6.45) is 0. The number of hydrogen-bond donors (Lipinski definition) is 1. The maximum atomic E-state index is 6.15. The topological polar surface area (TPSA) is 26.0 Å². The third-order valence-corrected chi connectivity index (χ3v) is 3.71. The molecule has 0 atom stereocenters. The first-order valence-electron chi connectivity index (χ1n) is 5.06. The van der Waals surface area contributed by atoms with Crippen molar-refractivity contribution in [1.82, 2.24) is 0 Å². The molecule has 0 aliphatic heterocycles. The van der Waals surface area contributed by atoms with E-state index in [-0.39, 0.29) is 0 Å². The lowest BCUT2D eigenvalue weighted by Gasteiger charge is -2.08. The Kier molecular flexibility index (Phi) is 3.95. The van der Waals surface area contributed by atoms with Gasteiger partial charge in [0.2, 0.25) is 0 Å². The Morgan fingerprint density at radius 2 is 1.71 bits per heavy atom. The van der Waals surface area contributed by atoms with Gasteiger partial charge in [0.25, 0.3) is 0 Å². The maximum Gasteiger partial charge on any atom is 0.0670 e. The molecular formula is C13H10Cl3N. The van der Waals surface area contributed by atoms with Gasteiger partial charge in [-0.3, -0.25) is 0 Å². The first-order valence-corrected chi connectivity index (χ1v) is 6.19. The van der Waals surface area contributed by atoms with E-state index in [1.54, 1.807) is 6.07 Å². The second-order valence-electron chi connectivity index (χ2n) is 3.61. The van der Waals surface area contributed by atoms with E-state index in [4.69, 9.17) is 40.5 Å². The van der Waals surface area contributed by atoms with Crippen LogP contribution in [0.15, 0.2) is 36.4 Å². The maximum absolute atomic E-state index is 6.15. The van der Waals surface area contributed by atoms with Crippen LogP contribution in [0.5, 0.6) is 0 Å². The Bertz CT molecular complexity index is 552. The highest BCUT2D eigenvalue weighted by Gasteiger charge is 2.08. The molecule has 4 heteroatoms. The molecule has 0 aliphatic carbocycles. The lowest BCUT2D eigenvalue weighted by atomic mass is 10.0. The normalized spacial score (nSPS) is 10.6. The van der Waals surface area contributed by atoms with Crippen LogP contribution in [0.25, 0.3) is 11.1 Å². The molecule has 0 saturated heterocycles. The summed E-state index contributed by atoms with van der Waals surface area (Å²) in [5.74, 6) is 0. The van der Waals surface area contributed by atoms with Crippen LogP contribution < -0.4 is 5.73 Å². The molecule has 0 fully saturated rings. The number of benzene rings is 2. The molecule has 0 saturated carbocycles. The summed E-state index contributed by atoms with van der Waals surface area (Å²) in [7, 11) is 0. The number of hydrogen-bond acceptors (Lipinski definition) is 1. The van der Waals surface area contributed by atoms with E-state index in [0.29, 0.717) is 21.6 Å². The van der Waals surface area contributed by atoms with Gasteiger partial charge in [-0.05, 0) is 23.3 Å². The van der Waals surface area contributed by atoms with Crippen molar-refractivity contribution < 1.29 is 0 Å². The van der Waals surface area contributed by atoms with E-state index in [0.717, 1.165) is 16.7 Å². The number of halogens is 3. The Morgan fingerprint density at radius 1 is 0.941 bits per heavy atom. The first-order chi connectivity index (χ1) is 8.13. The van der Waals surface area contributed by atoms with Crippen molar-refractivity contribution in [2.75, 3.05) is 0 Å². The van der Waals surface area contributed by atoms with Crippen LogP contribution in [0.3, 0.4) is 0 Å². The van der Waals surface area contributed by atoms with Crippen molar-refractivity contribution in [3.63, 3.8) is 0 Å². The van der Waals surface area contributed by atoms with Gasteiger partial charge < -0.3 is 5.73 Å². The lowest BCUT2D eigenvalue weighted by molar-refractivity contribution is 1.07. The largest absolute Gasteiger partial charge is 0.326 e. The Labute approximate surface area is 115 Å². The lowest BCUT2D eigenvalue weighted by Crippen LogP contribution is -1.97. The molecule has 0 amide bonds. The fourth-order valence-electron chi connectivity index (χ4n) is 1.61. The predicted octanol–water partition coefficient (Wildman–Crippen LogP) is 4.77. The molecule has 2 aromatic rings. The fourth-order valence-corrected chi connectivity index (χ4v) is 2.27. The van der Waals surface area contributed by atoms with E-state index in [9.17, 15) is 0 Å². The fraction of sp³-hybridized carbons (Fsp3) is 0.0769. The third kappa shape index (κ3) is 2.58. The molecule has 0 aromatic heterocycles. The summed E-state index contributed by atoms with van der Waals surface area (Å²) in [5.41, 5.74) is 8.27. The monoisotopic (exact) mass is 285 g/mol. The molecule has 0 unspecified atom stereocenters. The van der Waals surface area contributed by atoms with Crippen molar-refractivity contribution in [1.29, 1.82) is 0 Å². The highest BCUT2D eigenvalue weighted by molar-refractivity contribution is 6.43. The van der Waals surface area contributed by atoms with Gasteiger partial charge >= 0.3 is 0 Å². The Balaban J connectivity index is 2.54. The smallest absolute Gasteiger partial charge is 0.0670 e. The summed E-state index contributed by atoms with van der Waals surface area (Å²) in [4.78, 5) is 0. The standard InChI is InChI=1S/C13H10Cl3N/c14-11-3-1-2-10(13(11)16)8-4-5-9(7-17)12(15)6-8/h1-6H,7,17H2. The van der Waals surface area contributed by atoms with Crippen LogP contribution in [0.1, 0.15) is 5.56 Å². The van der Waals surface area contributed by atoms with Crippen LogP contribution >= 0.6 is 34.8 Å². The van der Waals surface area contributed by atoms with Crippen LogP contribution in [-0.2, 0) is 6.54 Å². The molecule has 0 bridgehead atoms. The van der Waals surface area contributed by atoms with Crippen LogP contribution in [0.2, 0.25) is 15.1 Å². The van der Waals surface area contributed by atoms with Crippen molar-refractivity contribution >= 4 is 34.8 Å². The highest BCUT2D eigenvalue weighted by Crippen LogP contribution is 2.34. The minimum absolute atomic E-state index is 0.419. The Morgan fingerprint density at radius 3 is 2.35 bits per heavy atom. The third-order valence-electron chi connectivity index (χ3n) is 2.54. The van der Waals surface area contributed by atoms with Crippen LogP contribution in [0.4, 0.5) is 0 Å². The predicted molar refractivity (Wildman–Crippen MR) is 74.8 cm³/mol. The second kappa shape index (κ2) is 5.28. The molecule has 17 heavy (non-hydrogen) atoms. The van der Waals surface area contributed by atoms with Crippen molar-refractivity contribution in [3.05, 3.63) is 57.0 Å². The van der Waals surface area contributed by atoms with Gasteiger partial charge in [0.1, 0.15) is 0 Å². The van der Waals surface area contributed by atoms with Crippen molar-refractivity contribution in [2.45, 2.75) is 6.54 Å². The van der Waals surface area contributed by atoms with Gasteiger partial charge in [-0.1, -0.05) is 59.1 Å². The first kappa shape index (κ1) is 12.7. The van der Waals surface area contributed by atoms with E-state index in [1.165, 1.54) is 0 Å². The molecular weight excluding hydrogens is 277 g/mol. The molecule has 2 aromatic carbocycles. The molecule has 2 rings (SSSR count). The number of nitrogens with two attached hydrogens (primary N) is 1. The van der Waals surface area contributed by atoms with E-state index in [2.05, 4.69) is 0 Å². The summed E-state index contributed by atoms with van der Waals surface area (Å²) in [6.45, 7) is 0.419. The van der Waals surface area contributed by atoms with Crippen molar-refractivity contribution in [3.8, 4) is 11.1 Å². The summed E-state index contributed by atoms with van der Waals surface area (Å²) in [6, 6.07) is 11.2. The van der Waals surface area contributed by atoms with Crippen molar-refractivity contribution in [2.24, 2.45) is 5.73 Å². The van der Waals surface area contributed by atoms with E-state index >= 15 is 0 Å². The van der Waals surface area contributed by atoms with Gasteiger partial charge in [-0.2, -0.15) is 0 Å². The van der Waals surface area contributed by atoms with Gasteiger partial charge in [-0.25, -0.2) is 0 Å². The zero-order chi connectivity index (χ0) is 12.4. The van der Waals surface area contributed by atoms with E-state index < -0.39 is 0 Å². The SMILES string of the molecule is NCc1ccc(-c2cccc(Cl)c2Cl)cc1Cl. The second-order valence-corrected chi connectivity index (χ2v) is 4.80. The highest BCUT2D eigenvalue weighted by atomic mass is 35.5. The molecule has 0 heterocycles. The zero-order valence-corrected chi connectivity index (χ0v) is 11.2. The van der Waals surface area contributed by atoms with Gasteiger partial charge in [0, 0.05) is 17.1 Å². The van der Waals surface area contributed by atoms with Gasteiger partial charge in [0.05, 0.1) is 10.0 Å². The van der Waals surface area contributed by atoms with Crippen LogP contribution in [-0.4, -0.2) is 0 Å².